The molecule has 29 heavy (non-hydrogen) atoms. The molecular weight excluding hydrogens is 474 g/mol. The summed E-state index contributed by atoms with van der Waals surface area (Å²) in [5.74, 6) is 0.144. The van der Waals surface area contributed by atoms with Crippen LogP contribution in [0, 0.1) is 18.3 Å². The van der Waals surface area contributed by atoms with Gasteiger partial charge < -0.3 is 4.18 Å². The highest BCUT2D eigenvalue weighted by molar-refractivity contribution is 9.10. The molecule has 0 amide bonds. The Balaban J connectivity index is 1.87. The molecule has 0 radical (unpaired) electrons. The van der Waals surface area contributed by atoms with E-state index in [-0.39, 0.29) is 10.6 Å². The molecule has 0 bridgehead atoms. The number of aryl methyl sites for hydroxylation is 1. The van der Waals surface area contributed by atoms with Crippen molar-refractivity contribution in [2.75, 3.05) is 0 Å². The minimum absolute atomic E-state index is 0.00362. The minimum atomic E-state index is -4.00. The van der Waals surface area contributed by atoms with E-state index in [1.165, 1.54) is 30.3 Å². The van der Waals surface area contributed by atoms with Gasteiger partial charge in [0.2, 0.25) is 0 Å². The first-order valence-electron chi connectivity index (χ1n) is 8.47. The third-order valence-corrected chi connectivity index (χ3v) is 6.17. The van der Waals surface area contributed by atoms with E-state index in [4.69, 9.17) is 15.8 Å². The van der Waals surface area contributed by atoms with Crippen LogP contribution in [0.25, 0.3) is 11.6 Å². The molecule has 0 aliphatic rings. The quantitative estimate of drug-likeness (QED) is 0.242. The van der Waals surface area contributed by atoms with Gasteiger partial charge in [0, 0.05) is 5.02 Å². The molecule has 0 saturated heterocycles. The molecule has 3 aromatic carbocycles. The standard InChI is InChI=1S/C22H15BrClNO3S/c1-15-2-5-17(6-3-15)18(14-25)12-16-4-11-22(21(23)13-16)28-29(26,27)20-9-7-19(24)8-10-20/h2-13H,1H3/b18-12+. The summed E-state index contributed by atoms with van der Waals surface area (Å²) in [5.41, 5.74) is 3.14. The van der Waals surface area contributed by atoms with Gasteiger partial charge in [0.15, 0.2) is 5.75 Å². The smallest absolute Gasteiger partial charge is 0.339 e. The van der Waals surface area contributed by atoms with Crippen molar-refractivity contribution in [3.8, 4) is 11.8 Å². The van der Waals surface area contributed by atoms with Gasteiger partial charge in [-0.25, -0.2) is 0 Å². The average Bonchev–Trinajstić information content (AvgIpc) is 2.69. The molecule has 7 heteroatoms. The zero-order valence-corrected chi connectivity index (χ0v) is 18.4. The summed E-state index contributed by atoms with van der Waals surface area (Å²) in [6, 6.07) is 20.5. The summed E-state index contributed by atoms with van der Waals surface area (Å²) in [6.07, 6.45) is 1.73. The Morgan fingerprint density at radius 3 is 2.31 bits per heavy atom. The summed E-state index contributed by atoms with van der Waals surface area (Å²) < 4.78 is 30.6. The van der Waals surface area contributed by atoms with Gasteiger partial charge in [0.05, 0.1) is 16.1 Å². The lowest BCUT2D eigenvalue weighted by molar-refractivity contribution is 0.484. The van der Waals surface area contributed by atoms with Gasteiger partial charge in [0.1, 0.15) is 4.90 Å². The molecule has 0 spiro atoms. The van der Waals surface area contributed by atoms with E-state index in [0.717, 1.165) is 16.7 Å². The number of halogens is 2. The monoisotopic (exact) mass is 487 g/mol. The Morgan fingerprint density at radius 1 is 1.07 bits per heavy atom. The average molecular weight is 489 g/mol. The minimum Gasteiger partial charge on any atom is -0.378 e. The molecule has 0 saturated carbocycles. The molecule has 0 aromatic heterocycles. The molecule has 0 aliphatic heterocycles. The molecule has 0 atom stereocenters. The van der Waals surface area contributed by atoms with Gasteiger partial charge >= 0.3 is 10.1 Å². The maximum Gasteiger partial charge on any atom is 0.339 e. The third-order valence-electron chi connectivity index (χ3n) is 4.05. The third kappa shape index (κ3) is 5.27. The Hall–Kier alpha value is -2.59. The second kappa shape index (κ2) is 8.83. The zero-order chi connectivity index (χ0) is 21.0. The van der Waals surface area contributed by atoms with Crippen molar-refractivity contribution in [3.63, 3.8) is 0 Å². The fourth-order valence-electron chi connectivity index (χ4n) is 2.52. The van der Waals surface area contributed by atoms with Crippen LogP contribution in [0.5, 0.6) is 5.75 Å². The van der Waals surface area contributed by atoms with E-state index in [1.54, 1.807) is 18.2 Å². The number of rotatable bonds is 5. The van der Waals surface area contributed by atoms with Crippen molar-refractivity contribution >= 4 is 49.3 Å². The van der Waals surface area contributed by atoms with Crippen LogP contribution in [0.2, 0.25) is 5.02 Å². The maximum atomic E-state index is 12.4. The van der Waals surface area contributed by atoms with Crippen molar-refractivity contribution in [2.45, 2.75) is 11.8 Å². The number of benzene rings is 3. The predicted octanol–water partition coefficient (Wildman–Crippen LogP) is 6.24. The first kappa shape index (κ1) is 21.1. The number of hydrogen-bond donors (Lipinski definition) is 0. The van der Waals surface area contributed by atoms with Crippen LogP contribution < -0.4 is 4.18 Å². The summed E-state index contributed by atoms with van der Waals surface area (Å²) in [7, 11) is -4.00. The van der Waals surface area contributed by atoms with Crippen molar-refractivity contribution in [1.82, 2.24) is 0 Å². The summed E-state index contributed by atoms with van der Waals surface area (Å²) in [5, 5.41) is 9.92. The highest BCUT2D eigenvalue weighted by Crippen LogP contribution is 2.30. The highest BCUT2D eigenvalue weighted by Gasteiger charge is 2.18. The van der Waals surface area contributed by atoms with Gasteiger partial charge in [-0.15, -0.1) is 0 Å². The SMILES string of the molecule is Cc1ccc(/C(C#N)=C/c2ccc(OS(=O)(=O)c3ccc(Cl)cc3)c(Br)c2)cc1. The first-order valence-corrected chi connectivity index (χ1v) is 11.0. The van der Waals surface area contributed by atoms with Gasteiger partial charge in [-0.1, -0.05) is 47.5 Å². The van der Waals surface area contributed by atoms with Crippen LogP contribution in [-0.4, -0.2) is 8.42 Å². The highest BCUT2D eigenvalue weighted by atomic mass is 79.9. The number of hydrogen-bond acceptors (Lipinski definition) is 4. The summed E-state index contributed by atoms with van der Waals surface area (Å²) in [4.78, 5) is 0.00362. The van der Waals surface area contributed by atoms with Crippen LogP contribution in [0.1, 0.15) is 16.7 Å². The fourth-order valence-corrected chi connectivity index (χ4v) is 4.18. The Kier molecular flexibility index (Phi) is 6.43. The topological polar surface area (TPSA) is 67.2 Å². The van der Waals surface area contributed by atoms with Crippen molar-refractivity contribution in [2.24, 2.45) is 0 Å². The second-order valence-corrected chi connectivity index (χ2v) is 9.05. The largest absolute Gasteiger partial charge is 0.378 e. The number of nitrogens with zero attached hydrogens (tertiary/aromatic N) is 1. The Bertz CT molecular complexity index is 1210. The molecule has 3 rings (SSSR count). The zero-order valence-electron chi connectivity index (χ0n) is 15.3. The molecule has 0 aliphatic carbocycles. The molecule has 0 fully saturated rings. The van der Waals surface area contributed by atoms with Gasteiger partial charge in [-0.3, -0.25) is 0 Å². The summed E-state index contributed by atoms with van der Waals surface area (Å²) in [6.45, 7) is 1.98. The van der Waals surface area contributed by atoms with Crippen LogP contribution in [0.15, 0.2) is 76.1 Å². The van der Waals surface area contributed by atoms with Crippen molar-refractivity contribution < 1.29 is 12.6 Å². The molecule has 0 heterocycles. The van der Waals surface area contributed by atoms with Crippen molar-refractivity contribution in [3.05, 3.63) is 92.9 Å². The Morgan fingerprint density at radius 2 is 1.72 bits per heavy atom. The number of nitriles is 1. The van der Waals surface area contributed by atoms with E-state index in [0.29, 0.717) is 15.1 Å². The molecule has 146 valence electrons. The molecule has 0 N–H and O–H groups in total. The van der Waals surface area contributed by atoms with Crippen LogP contribution in [-0.2, 0) is 10.1 Å². The predicted molar refractivity (Wildman–Crippen MR) is 118 cm³/mol. The summed E-state index contributed by atoms with van der Waals surface area (Å²) >= 11 is 9.14. The maximum absolute atomic E-state index is 12.4. The van der Waals surface area contributed by atoms with Crippen LogP contribution in [0.3, 0.4) is 0 Å². The van der Waals surface area contributed by atoms with Gasteiger partial charge in [-0.05, 0) is 76.5 Å². The van der Waals surface area contributed by atoms with Crippen LogP contribution in [0.4, 0.5) is 0 Å². The second-order valence-electron chi connectivity index (χ2n) is 6.22. The van der Waals surface area contributed by atoms with E-state index in [1.807, 2.05) is 31.2 Å². The van der Waals surface area contributed by atoms with Crippen LogP contribution >= 0.6 is 27.5 Å². The fraction of sp³-hybridized carbons (Fsp3) is 0.0455. The lowest BCUT2D eigenvalue weighted by Gasteiger charge is -2.09. The normalized spacial score (nSPS) is 11.7. The van der Waals surface area contributed by atoms with E-state index in [9.17, 15) is 13.7 Å². The van der Waals surface area contributed by atoms with E-state index in [2.05, 4.69) is 22.0 Å². The molecular formula is C22H15BrClNO3S. The van der Waals surface area contributed by atoms with Gasteiger partial charge in [0.25, 0.3) is 0 Å². The Labute approximate surface area is 183 Å². The number of allylic oxidation sites excluding steroid dienone is 1. The molecule has 0 unspecified atom stereocenters. The lowest BCUT2D eigenvalue weighted by atomic mass is 10.0. The van der Waals surface area contributed by atoms with Gasteiger partial charge in [-0.2, -0.15) is 13.7 Å². The lowest BCUT2D eigenvalue weighted by Crippen LogP contribution is -2.10. The van der Waals surface area contributed by atoms with E-state index < -0.39 is 10.1 Å². The first-order chi connectivity index (χ1) is 13.8. The van der Waals surface area contributed by atoms with E-state index >= 15 is 0 Å². The van der Waals surface area contributed by atoms with Crippen molar-refractivity contribution in [1.29, 1.82) is 5.26 Å². The molecule has 3 aromatic rings. The molecule has 4 nitrogen and oxygen atoms in total.